The van der Waals surface area contributed by atoms with Crippen LogP contribution in [-0.4, -0.2) is 16.1 Å². The number of fused-ring (bicyclic) bond motifs is 3. The smallest absolute Gasteiger partial charge is 0.312 e. The van der Waals surface area contributed by atoms with Gasteiger partial charge in [-0.05, 0) is 30.2 Å². The predicted molar refractivity (Wildman–Crippen MR) is 59.0 cm³/mol. The quantitative estimate of drug-likeness (QED) is 0.655. The minimum absolute atomic E-state index is 0.0380. The zero-order valence-electron chi connectivity index (χ0n) is 8.63. The maximum absolute atomic E-state index is 11.5. The zero-order chi connectivity index (χ0) is 10.4. The minimum Gasteiger partial charge on any atom is -0.312 e. The van der Waals surface area contributed by atoms with Crippen LogP contribution >= 0.6 is 0 Å². The molecule has 0 spiro atoms. The first-order chi connectivity index (χ1) is 7.27. The molecule has 2 N–H and O–H groups in total. The van der Waals surface area contributed by atoms with Gasteiger partial charge in [0.2, 0.25) is 0 Å². The van der Waals surface area contributed by atoms with Crippen LogP contribution < -0.4 is 11.0 Å². The summed E-state index contributed by atoms with van der Waals surface area (Å²) < 4.78 is 1.66. The van der Waals surface area contributed by atoms with Crippen LogP contribution in [0.3, 0.4) is 0 Å². The molecule has 1 aliphatic heterocycles. The van der Waals surface area contributed by atoms with Crippen LogP contribution in [-0.2, 0) is 20.0 Å². The highest BCUT2D eigenvalue weighted by atomic mass is 16.1. The molecule has 0 unspecified atom stereocenters. The number of hydrogen-bond acceptors (Lipinski definition) is 2. The van der Waals surface area contributed by atoms with Crippen molar-refractivity contribution in [3.05, 3.63) is 33.7 Å². The number of H-pyrrole nitrogens is 1. The van der Waals surface area contributed by atoms with Gasteiger partial charge in [0, 0.05) is 13.6 Å². The third-order valence-corrected chi connectivity index (χ3v) is 3.16. The molecule has 2 aromatic rings. The van der Waals surface area contributed by atoms with Gasteiger partial charge in [-0.2, -0.15) is 0 Å². The number of rotatable bonds is 0. The lowest BCUT2D eigenvalue weighted by Gasteiger charge is -2.17. The van der Waals surface area contributed by atoms with E-state index in [1.54, 1.807) is 11.6 Å². The fourth-order valence-corrected chi connectivity index (χ4v) is 2.27. The fraction of sp³-hybridized carbons (Fsp3) is 0.364. The average Bonchev–Trinajstić information content (AvgIpc) is 2.56. The first kappa shape index (κ1) is 8.73. The molecular weight excluding hydrogens is 190 g/mol. The summed E-state index contributed by atoms with van der Waals surface area (Å²) in [5.41, 5.74) is 4.54. The Labute approximate surface area is 86.9 Å². The predicted octanol–water partition coefficient (Wildman–Crippen LogP) is 0.512. The number of benzene rings is 1. The van der Waals surface area contributed by atoms with Crippen LogP contribution in [0.1, 0.15) is 11.1 Å². The van der Waals surface area contributed by atoms with Crippen molar-refractivity contribution in [3.8, 4) is 0 Å². The van der Waals surface area contributed by atoms with E-state index in [2.05, 4.69) is 16.4 Å². The van der Waals surface area contributed by atoms with Gasteiger partial charge in [-0.15, -0.1) is 0 Å². The van der Waals surface area contributed by atoms with E-state index < -0.39 is 0 Å². The van der Waals surface area contributed by atoms with Gasteiger partial charge in [-0.25, -0.2) is 4.79 Å². The summed E-state index contributed by atoms with van der Waals surface area (Å²) >= 11 is 0. The van der Waals surface area contributed by atoms with E-state index in [9.17, 15) is 4.79 Å². The van der Waals surface area contributed by atoms with Gasteiger partial charge >= 0.3 is 5.69 Å². The lowest BCUT2D eigenvalue weighted by atomic mass is 10.00. The Bertz CT molecular complexity index is 579. The highest BCUT2D eigenvalue weighted by Crippen LogP contribution is 2.22. The van der Waals surface area contributed by atoms with Crippen LogP contribution in [0.5, 0.6) is 0 Å². The maximum atomic E-state index is 11.5. The second-order valence-corrected chi connectivity index (χ2v) is 4.01. The average molecular weight is 203 g/mol. The van der Waals surface area contributed by atoms with E-state index >= 15 is 0 Å². The number of hydrogen-bond donors (Lipinski definition) is 2. The molecule has 2 heterocycles. The zero-order valence-corrected chi connectivity index (χ0v) is 8.63. The number of nitrogens with one attached hydrogen (secondary N) is 2. The van der Waals surface area contributed by atoms with E-state index in [4.69, 9.17) is 0 Å². The van der Waals surface area contributed by atoms with Crippen molar-refractivity contribution in [1.29, 1.82) is 0 Å². The van der Waals surface area contributed by atoms with Gasteiger partial charge in [0.25, 0.3) is 0 Å². The molecule has 1 aromatic carbocycles. The summed E-state index contributed by atoms with van der Waals surface area (Å²) in [6.45, 7) is 1.88. The van der Waals surface area contributed by atoms with Gasteiger partial charge in [0.1, 0.15) is 0 Å². The number of aryl methyl sites for hydroxylation is 1. The number of imidazole rings is 1. The van der Waals surface area contributed by atoms with E-state index in [1.165, 1.54) is 11.1 Å². The molecule has 0 saturated carbocycles. The molecule has 0 fully saturated rings. The van der Waals surface area contributed by atoms with E-state index in [1.807, 2.05) is 6.07 Å². The summed E-state index contributed by atoms with van der Waals surface area (Å²) in [6.07, 6.45) is 1.04. The molecular formula is C11H13N3O. The van der Waals surface area contributed by atoms with Crippen molar-refractivity contribution in [2.45, 2.75) is 13.0 Å². The molecule has 0 radical (unpaired) electrons. The van der Waals surface area contributed by atoms with Crippen LogP contribution in [0, 0.1) is 0 Å². The Hall–Kier alpha value is -1.55. The molecule has 4 nitrogen and oxygen atoms in total. The maximum Gasteiger partial charge on any atom is 0.326 e. The lowest BCUT2D eigenvalue weighted by Crippen LogP contribution is -2.23. The lowest BCUT2D eigenvalue weighted by molar-refractivity contribution is 0.647. The first-order valence-electron chi connectivity index (χ1n) is 5.17. The molecule has 0 aliphatic carbocycles. The second kappa shape index (κ2) is 2.97. The van der Waals surface area contributed by atoms with Crippen molar-refractivity contribution in [1.82, 2.24) is 14.9 Å². The van der Waals surface area contributed by atoms with Crippen molar-refractivity contribution in [2.75, 3.05) is 6.54 Å². The van der Waals surface area contributed by atoms with E-state index in [0.29, 0.717) is 0 Å². The Morgan fingerprint density at radius 3 is 3.13 bits per heavy atom. The van der Waals surface area contributed by atoms with E-state index in [-0.39, 0.29) is 5.69 Å². The highest BCUT2D eigenvalue weighted by Gasteiger charge is 2.14. The summed E-state index contributed by atoms with van der Waals surface area (Å²) in [5.74, 6) is 0. The molecule has 78 valence electrons. The van der Waals surface area contributed by atoms with Crippen molar-refractivity contribution in [2.24, 2.45) is 7.05 Å². The normalized spacial score (nSPS) is 15.5. The van der Waals surface area contributed by atoms with Gasteiger partial charge in [-0.1, -0.05) is 6.07 Å². The summed E-state index contributed by atoms with van der Waals surface area (Å²) in [4.78, 5) is 14.4. The van der Waals surface area contributed by atoms with Crippen LogP contribution in [0.2, 0.25) is 0 Å². The molecule has 0 bridgehead atoms. The number of aromatic amines is 1. The van der Waals surface area contributed by atoms with Gasteiger partial charge in [-0.3, -0.25) is 4.57 Å². The molecule has 15 heavy (non-hydrogen) atoms. The largest absolute Gasteiger partial charge is 0.326 e. The summed E-state index contributed by atoms with van der Waals surface area (Å²) in [6, 6.07) is 4.16. The summed E-state index contributed by atoms with van der Waals surface area (Å²) in [7, 11) is 1.80. The summed E-state index contributed by atoms with van der Waals surface area (Å²) in [5, 5.41) is 3.33. The van der Waals surface area contributed by atoms with Gasteiger partial charge in [0.05, 0.1) is 11.0 Å². The molecule has 1 aliphatic rings. The van der Waals surface area contributed by atoms with Crippen molar-refractivity contribution >= 4 is 11.0 Å². The Morgan fingerprint density at radius 1 is 1.40 bits per heavy atom. The minimum atomic E-state index is -0.0380. The Morgan fingerprint density at radius 2 is 2.27 bits per heavy atom. The number of nitrogens with zero attached hydrogens (tertiary/aromatic N) is 1. The van der Waals surface area contributed by atoms with Crippen LogP contribution in [0.25, 0.3) is 11.0 Å². The van der Waals surface area contributed by atoms with E-state index in [0.717, 1.165) is 30.5 Å². The van der Waals surface area contributed by atoms with Crippen LogP contribution in [0.4, 0.5) is 0 Å². The fourth-order valence-electron chi connectivity index (χ4n) is 2.27. The van der Waals surface area contributed by atoms with Crippen molar-refractivity contribution in [3.63, 3.8) is 0 Å². The van der Waals surface area contributed by atoms with Gasteiger partial charge in [0.15, 0.2) is 0 Å². The standard InChI is InChI=1S/C11H13N3O/c1-14-9-3-2-7-4-5-12-6-8(7)10(9)13-11(14)15/h2-3,12H,4-6H2,1H3,(H,13,15). The van der Waals surface area contributed by atoms with Crippen LogP contribution in [0.15, 0.2) is 16.9 Å². The second-order valence-electron chi connectivity index (χ2n) is 4.01. The SMILES string of the molecule is Cn1c(=O)[nH]c2c3c(ccc21)CCNC3. The number of aromatic nitrogens is 2. The third kappa shape index (κ3) is 1.15. The Kier molecular flexibility index (Phi) is 1.73. The first-order valence-corrected chi connectivity index (χ1v) is 5.17. The highest BCUT2D eigenvalue weighted by molar-refractivity contribution is 5.80. The third-order valence-electron chi connectivity index (χ3n) is 3.16. The Balaban J connectivity index is 2.41. The monoisotopic (exact) mass is 203 g/mol. The molecule has 0 atom stereocenters. The molecule has 0 amide bonds. The van der Waals surface area contributed by atoms with Gasteiger partial charge < -0.3 is 10.3 Å². The molecule has 3 rings (SSSR count). The topological polar surface area (TPSA) is 49.8 Å². The molecule has 0 saturated heterocycles. The molecule has 1 aromatic heterocycles. The molecule has 4 heteroatoms. The van der Waals surface area contributed by atoms with Crippen molar-refractivity contribution < 1.29 is 0 Å².